The third-order valence-corrected chi connectivity index (χ3v) is 4.61. The third-order valence-electron chi connectivity index (χ3n) is 4.61. The van der Waals surface area contributed by atoms with Crippen LogP contribution in [-0.4, -0.2) is 41.8 Å². The molecule has 0 saturated carbocycles. The van der Waals surface area contributed by atoms with Crippen molar-refractivity contribution < 1.29 is 0 Å². The molecule has 3 nitrogen and oxygen atoms in total. The maximum absolute atomic E-state index is 7.78. The van der Waals surface area contributed by atoms with Crippen molar-refractivity contribution in [2.45, 2.75) is 19.9 Å². The van der Waals surface area contributed by atoms with Crippen molar-refractivity contribution in [1.29, 1.82) is 5.41 Å². The molecule has 3 heteroatoms. The number of fused-ring (bicyclic) bond motifs is 1. The van der Waals surface area contributed by atoms with Gasteiger partial charge < -0.3 is 4.90 Å². The van der Waals surface area contributed by atoms with Crippen molar-refractivity contribution in [2.24, 2.45) is 11.8 Å². The number of hydrogen-bond donors (Lipinski definition) is 1. The highest BCUT2D eigenvalue weighted by molar-refractivity contribution is 5.76. The summed E-state index contributed by atoms with van der Waals surface area (Å²) in [5, 5.41) is 7.78. The number of nitrogens with zero attached hydrogens (tertiary/aromatic N) is 2. The van der Waals surface area contributed by atoms with Gasteiger partial charge in [0, 0.05) is 26.2 Å². The number of rotatable bonds is 2. The summed E-state index contributed by atoms with van der Waals surface area (Å²) >= 11 is 0. The highest BCUT2D eigenvalue weighted by Gasteiger charge is 2.36. The molecule has 102 valence electrons. The zero-order valence-corrected chi connectivity index (χ0v) is 11.7. The standard InChI is InChI=1S/C16H23N3/c1-13(17)19-11-15-7-8-18(10-16(15)12-19)9-14-5-3-2-4-6-14/h2-6,15-17H,7-12H2,1H3. The fourth-order valence-electron chi connectivity index (χ4n) is 3.50. The summed E-state index contributed by atoms with van der Waals surface area (Å²) in [6.07, 6.45) is 1.29. The second-order valence-electron chi connectivity index (χ2n) is 6.02. The van der Waals surface area contributed by atoms with Crippen LogP contribution in [0.15, 0.2) is 30.3 Å². The quantitative estimate of drug-likeness (QED) is 0.651. The van der Waals surface area contributed by atoms with Gasteiger partial charge in [0.05, 0.1) is 5.84 Å². The van der Waals surface area contributed by atoms with Crippen molar-refractivity contribution in [3.8, 4) is 0 Å². The van der Waals surface area contributed by atoms with E-state index in [-0.39, 0.29) is 0 Å². The van der Waals surface area contributed by atoms with E-state index >= 15 is 0 Å². The molecule has 0 aromatic heterocycles. The molecule has 1 N–H and O–H groups in total. The summed E-state index contributed by atoms with van der Waals surface area (Å²) in [5.74, 6) is 2.31. The Kier molecular flexibility index (Phi) is 3.56. The lowest BCUT2D eigenvalue weighted by atomic mass is 9.88. The van der Waals surface area contributed by atoms with Gasteiger partial charge in [-0.3, -0.25) is 10.3 Å². The van der Waals surface area contributed by atoms with Crippen LogP contribution in [0.2, 0.25) is 0 Å². The van der Waals surface area contributed by atoms with Gasteiger partial charge in [-0.05, 0) is 37.3 Å². The average molecular weight is 257 g/mol. The van der Waals surface area contributed by atoms with E-state index in [0.29, 0.717) is 0 Å². The molecule has 19 heavy (non-hydrogen) atoms. The van der Waals surface area contributed by atoms with E-state index in [1.165, 1.54) is 25.1 Å². The molecule has 0 bridgehead atoms. The van der Waals surface area contributed by atoms with Gasteiger partial charge in [0.15, 0.2) is 0 Å². The summed E-state index contributed by atoms with van der Waals surface area (Å²) in [6, 6.07) is 10.8. The van der Waals surface area contributed by atoms with E-state index in [2.05, 4.69) is 40.1 Å². The fraction of sp³-hybridized carbons (Fsp3) is 0.562. The van der Waals surface area contributed by atoms with Gasteiger partial charge in [-0.2, -0.15) is 0 Å². The predicted octanol–water partition coefficient (Wildman–Crippen LogP) is 2.44. The first kappa shape index (κ1) is 12.7. The van der Waals surface area contributed by atoms with Crippen LogP contribution >= 0.6 is 0 Å². The van der Waals surface area contributed by atoms with Gasteiger partial charge in [-0.25, -0.2) is 0 Å². The molecule has 2 unspecified atom stereocenters. The summed E-state index contributed by atoms with van der Waals surface area (Å²) in [6.45, 7) is 7.60. The zero-order valence-electron chi connectivity index (χ0n) is 11.7. The van der Waals surface area contributed by atoms with Gasteiger partial charge in [-0.1, -0.05) is 30.3 Å². The minimum absolute atomic E-state index is 0.740. The van der Waals surface area contributed by atoms with Gasteiger partial charge in [0.2, 0.25) is 0 Å². The van der Waals surface area contributed by atoms with Gasteiger partial charge in [0.25, 0.3) is 0 Å². The SMILES string of the molecule is CC(=N)N1CC2CCN(Cc3ccccc3)CC2C1. The Hall–Kier alpha value is -1.35. The molecule has 0 amide bonds. The summed E-state index contributed by atoms with van der Waals surface area (Å²) in [5.41, 5.74) is 1.42. The molecule has 2 aliphatic rings. The number of piperidine rings is 1. The maximum Gasteiger partial charge on any atom is 0.0926 e. The average Bonchev–Trinajstić information content (AvgIpc) is 2.83. The molecule has 3 rings (SSSR count). The van der Waals surface area contributed by atoms with E-state index in [9.17, 15) is 0 Å². The van der Waals surface area contributed by atoms with Crippen molar-refractivity contribution in [3.05, 3.63) is 35.9 Å². The number of likely N-dealkylation sites (tertiary alicyclic amines) is 2. The Bertz CT molecular complexity index is 443. The van der Waals surface area contributed by atoms with Gasteiger partial charge in [0.1, 0.15) is 0 Å². The molecular weight excluding hydrogens is 234 g/mol. The minimum Gasteiger partial charge on any atom is -0.360 e. The van der Waals surface area contributed by atoms with Crippen molar-refractivity contribution in [2.75, 3.05) is 26.2 Å². The topological polar surface area (TPSA) is 30.3 Å². The van der Waals surface area contributed by atoms with E-state index in [4.69, 9.17) is 5.41 Å². The first-order chi connectivity index (χ1) is 9.22. The summed E-state index contributed by atoms with van der Waals surface area (Å²) < 4.78 is 0. The van der Waals surface area contributed by atoms with Gasteiger partial charge in [-0.15, -0.1) is 0 Å². The van der Waals surface area contributed by atoms with E-state index in [1.54, 1.807) is 0 Å². The Morgan fingerprint density at radius 1 is 1.16 bits per heavy atom. The highest BCUT2D eigenvalue weighted by atomic mass is 15.2. The van der Waals surface area contributed by atoms with Crippen molar-refractivity contribution in [3.63, 3.8) is 0 Å². The monoisotopic (exact) mass is 257 g/mol. The van der Waals surface area contributed by atoms with Crippen LogP contribution in [0.4, 0.5) is 0 Å². The number of nitrogens with one attached hydrogen (secondary N) is 1. The first-order valence-electron chi connectivity index (χ1n) is 7.29. The van der Waals surface area contributed by atoms with Crippen LogP contribution in [0, 0.1) is 17.2 Å². The molecule has 2 atom stereocenters. The lowest BCUT2D eigenvalue weighted by Crippen LogP contribution is -2.39. The molecule has 2 saturated heterocycles. The lowest BCUT2D eigenvalue weighted by Gasteiger charge is -2.34. The van der Waals surface area contributed by atoms with Crippen LogP contribution < -0.4 is 0 Å². The van der Waals surface area contributed by atoms with Crippen LogP contribution in [-0.2, 0) is 6.54 Å². The largest absolute Gasteiger partial charge is 0.360 e. The smallest absolute Gasteiger partial charge is 0.0926 e. The number of benzene rings is 1. The van der Waals surface area contributed by atoms with E-state index in [0.717, 1.165) is 37.3 Å². The Morgan fingerprint density at radius 2 is 1.89 bits per heavy atom. The fourth-order valence-corrected chi connectivity index (χ4v) is 3.50. The second-order valence-corrected chi connectivity index (χ2v) is 6.02. The van der Waals surface area contributed by atoms with Gasteiger partial charge >= 0.3 is 0 Å². The first-order valence-corrected chi connectivity index (χ1v) is 7.29. The molecular formula is C16H23N3. The molecule has 0 aliphatic carbocycles. The molecule has 2 fully saturated rings. The highest BCUT2D eigenvalue weighted by Crippen LogP contribution is 2.31. The van der Waals surface area contributed by atoms with Crippen LogP contribution in [0.5, 0.6) is 0 Å². The molecule has 0 radical (unpaired) electrons. The molecule has 0 spiro atoms. The number of amidine groups is 1. The summed E-state index contributed by atoms with van der Waals surface area (Å²) in [7, 11) is 0. The van der Waals surface area contributed by atoms with E-state index < -0.39 is 0 Å². The Balaban J connectivity index is 1.59. The van der Waals surface area contributed by atoms with Crippen molar-refractivity contribution >= 4 is 5.84 Å². The van der Waals surface area contributed by atoms with Crippen LogP contribution in [0.25, 0.3) is 0 Å². The normalized spacial score (nSPS) is 27.3. The zero-order chi connectivity index (χ0) is 13.2. The number of hydrogen-bond acceptors (Lipinski definition) is 2. The Morgan fingerprint density at radius 3 is 2.63 bits per heavy atom. The second kappa shape index (κ2) is 5.33. The van der Waals surface area contributed by atoms with Crippen LogP contribution in [0.3, 0.4) is 0 Å². The predicted molar refractivity (Wildman–Crippen MR) is 78.3 cm³/mol. The van der Waals surface area contributed by atoms with Crippen LogP contribution in [0.1, 0.15) is 18.9 Å². The molecule has 1 aromatic rings. The lowest BCUT2D eigenvalue weighted by molar-refractivity contribution is 0.142. The summed E-state index contributed by atoms with van der Waals surface area (Å²) in [4.78, 5) is 4.83. The van der Waals surface area contributed by atoms with Crippen molar-refractivity contribution in [1.82, 2.24) is 9.80 Å². The van der Waals surface area contributed by atoms with E-state index in [1.807, 2.05) is 6.92 Å². The Labute approximate surface area is 115 Å². The minimum atomic E-state index is 0.740. The third kappa shape index (κ3) is 2.81. The molecule has 2 heterocycles. The maximum atomic E-state index is 7.78. The molecule has 2 aliphatic heterocycles. The molecule has 1 aromatic carbocycles.